The van der Waals surface area contributed by atoms with Crippen LogP contribution in [-0.4, -0.2) is 107 Å². The first-order chi connectivity index (χ1) is 25.3. The van der Waals surface area contributed by atoms with Crippen LogP contribution in [0, 0.1) is 6.92 Å². The lowest BCUT2D eigenvalue weighted by atomic mass is 9.94. The molecule has 0 spiro atoms. The number of hydrogen-bond donors (Lipinski definition) is 4. The summed E-state index contributed by atoms with van der Waals surface area (Å²) >= 11 is 0. The zero-order valence-corrected chi connectivity index (χ0v) is 30.4. The smallest absolute Gasteiger partial charge is 0.378 e. The van der Waals surface area contributed by atoms with E-state index in [1.165, 1.54) is 6.07 Å². The van der Waals surface area contributed by atoms with Crippen molar-refractivity contribution in [2.24, 2.45) is 0 Å². The molecule has 6 N–H and O–H groups in total. The summed E-state index contributed by atoms with van der Waals surface area (Å²) in [6.07, 6.45) is -2.58. The molecule has 18 heteroatoms. The highest BCUT2D eigenvalue weighted by Crippen LogP contribution is 2.37. The highest BCUT2D eigenvalue weighted by atomic mass is 32.2. The summed E-state index contributed by atoms with van der Waals surface area (Å²) in [7, 11) is -4.70. The number of likely N-dealkylation sites (tertiary alicyclic amines) is 1. The van der Waals surface area contributed by atoms with E-state index >= 15 is 0 Å². The Balaban J connectivity index is 1.38. The van der Waals surface area contributed by atoms with Gasteiger partial charge in [-0.05, 0) is 69.1 Å². The molecule has 2 aliphatic rings. The number of alkyl halides is 3. The van der Waals surface area contributed by atoms with E-state index in [1.54, 1.807) is 34.7 Å². The van der Waals surface area contributed by atoms with Crippen molar-refractivity contribution in [2.45, 2.75) is 55.8 Å². The van der Waals surface area contributed by atoms with E-state index < -0.39 is 26.8 Å². The number of urea groups is 1. The van der Waals surface area contributed by atoms with Gasteiger partial charge in [-0.25, -0.2) is 4.79 Å². The molecule has 3 heterocycles. The van der Waals surface area contributed by atoms with Crippen LogP contribution in [0.2, 0.25) is 0 Å². The Bertz CT molecular complexity index is 1820. The number of halogens is 3. The lowest BCUT2D eigenvalue weighted by molar-refractivity contribution is -0.374. The molecule has 0 radical (unpaired) electrons. The van der Waals surface area contributed by atoms with E-state index in [2.05, 4.69) is 21.7 Å². The van der Waals surface area contributed by atoms with E-state index in [0.29, 0.717) is 89.4 Å². The van der Waals surface area contributed by atoms with Crippen molar-refractivity contribution in [3.8, 4) is 17.0 Å². The molecule has 2 saturated heterocycles. The Morgan fingerprint density at radius 2 is 1.85 bits per heavy atom. The summed E-state index contributed by atoms with van der Waals surface area (Å²) in [4.78, 5) is 27.4. The van der Waals surface area contributed by atoms with Crippen LogP contribution in [-0.2, 0) is 37.1 Å². The molecule has 3 amide bonds. The van der Waals surface area contributed by atoms with Gasteiger partial charge in [0.2, 0.25) is 5.91 Å². The van der Waals surface area contributed by atoms with Crippen LogP contribution in [0.3, 0.4) is 0 Å². The van der Waals surface area contributed by atoms with E-state index in [1.807, 2.05) is 0 Å². The molecule has 2 aromatic carbocycles. The normalized spacial score (nSPS) is 17.9. The minimum Gasteiger partial charge on any atom is -0.378 e. The van der Waals surface area contributed by atoms with Crippen molar-refractivity contribution in [1.82, 2.24) is 30.6 Å². The number of nitrogens with one attached hydrogen (secondary N) is 3. The molecular formula is C35H47F3N7O7S+. The Hall–Kier alpha value is -4.23. The van der Waals surface area contributed by atoms with Gasteiger partial charge in [-0.3, -0.25) is 9.48 Å². The number of benzene rings is 2. The minimum atomic E-state index is -4.75. The van der Waals surface area contributed by atoms with Gasteiger partial charge in [-0.1, -0.05) is 17.7 Å². The fourth-order valence-corrected chi connectivity index (χ4v) is 7.28. The Kier molecular flexibility index (Phi) is 13.7. The highest BCUT2D eigenvalue weighted by molar-refractivity contribution is 7.87. The third-order valence-electron chi connectivity index (χ3n) is 8.90. The molecule has 3 aromatic rings. The number of carbonyl (C=O) groups is 2. The molecule has 5 rings (SSSR count). The van der Waals surface area contributed by atoms with Crippen molar-refractivity contribution in [1.29, 1.82) is 0 Å². The van der Waals surface area contributed by atoms with Crippen molar-refractivity contribution >= 4 is 22.1 Å². The molecule has 290 valence electrons. The van der Waals surface area contributed by atoms with Gasteiger partial charge in [0.1, 0.15) is 11.4 Å². The molecule has 14 nitrogen and oxygen atoms in total. The Morgan fingerprint density at radius 1 is 1.06 bits per heavy atom. The van der Waals surface area contributed by atoms with Gasteiger partial charge >= 0.3 is 22.3 Å². The Morgan fingerprint density at radius 3 is 2.58 bits per heavy atom. The van der Waals surface area contributed by atoms with Gasteiger partial charge in [0.05, 0.1) is 44.2 Å². The molecule has 53 heavy (non-hydrogen) atoms. The number of nitrogens with zero attached hydrogens (tertiary/aromatic N) is 3. The SMILES string of the molecule is Cc1ccc(OS(=O)(=O)c2cccc(C(F)(F)F)c2)c(-c2cc(C3CCCN(C(=O)NCCOCCOCC[NH3+])C3)n(CC(=O)N[C@@H]3CCNC3)n2)c1. The first-order valence-corrected chi connectivity index (χ1v) is 19.0. The quantitative estimate of drug-likeness (QED) is 0.126. The molecule has 1 unspecified atom stereocenters. The molecule has 2 atom stereocenters. The maximum absolute atomic E-state index is 13.4. The van der Waals surface area contributed by atoms with Crippen LogP contribution < -0.4 is 25.9 Å². The summed E-state index contributed by atoms with van der Waals surface area (Å²) in [6.45, 7) is 6.69. The molecule has 2 aliphatic heterocycles. The van der Waals surface area contributed by atoms with E-state index in [4.69, 9.17) is 18.8 Å². The number of hydrogen-bond acceptors (Lipinski definition) is 9. The summed E-state index contributed by atoms with van der Waals surface area (Å²) < 4.78 is 84.7. The average Bonchev–Trinajstić information content (AvgIpc) is 3.80. The molecular weight excluding hydrogens is 719 g/mol. The third kappa shape index (κ3) is 11.1. The Labute approximate surface area is 306 Å². The topological polar surface area (TPSA) is 181 Å². The summed E-state index contributed by atoms with van der Waals surface area (Å²) in [5.41, 5.74) is 4.55. The number of ether oxygens (including phenoxy) is 2. The molecule has 0 saturated carbocycles. The first kappa shape index (κ1) is 40.0. The highest BCUT2D eigenvalue weighted by Gasteiger charge is 2.33. The van der Waals surface area contributed by atoms with E-state index in [0.717, 1.165) is 36.7 Å². The summed E-state index contributed by atoms with van der Waals surface area (Å²) in [5.74, 6) is -0.628. The van der Waals surface area contributed by atoms with Crippen LogP contribution in [0.5, 0.6) is 5.75 Å². The maximum Gasteiger partial charge on any atom is 0.416 e. The average molecular weight is 767 g/mol. The van der Waals surface area contributed by atoms with Crippen LogP contribution >= 0.6 is 0 Å². The zero-order valence-electron chi connectivity index (χ0n) is 29.6. The summed E-state index contributed by atoms with van der Waals surface area (Å²) in [6, 6.07) is 9.49. The number of amides is 3. The van der Waals surface area contributed by atoms with Crippen LogP contribution in [0.25, 0.3) is 11.3 Å². The largest absolute Gasteiger partial charge is 0.416 e. The lowest BCUT2D eigenvalue weighted by Crippen LogP contribution is -2.52. The second-order valence-electron chi connectivity index (χ2n) is 13.0. The lowest BCUT2D eigenvalue weighted by Gasteiger charge is -2.33. The van der Waals surface area contributed by atoms with E-state index in [-0.39, 0.29) is 41.8 Å². The monoisotopic (exact) mass is 766 g/mol. The van der Waals surface area contributed by atoms with Gasteiger partial charge in [0.15, 0.2) is 5.75 Å². The van der Waals surface area contributed by atoms with Gasteiger partial charge in [0.25, 0.3) is 0 Å². The van der Waals surface area contributed by atoms with Crippen LogP contribution in [0.4, 0.5) is 18.0 Å². The minimum absolute atomic E-state index is 0.0298. The fraction of sp³-hybridized carbons (Fsp3) is 0.514. The zero-order chi connectivity index (χ0) is 38.0. The molecule has 0 bridgehead atoms. The molecule has 0 aliphatic carbocycles. The van der Waals surface area contributed by atoms with Gasteiger partial charge in [-0.15, -0.1) is 0 Å². The van der Waals surface area contributed by atoms with Crippen molar-refractivity contribution in [3.05, 3.63) is 65.4 Å². The van der Waals surface area contributed by atoms with Crippen molar-refractivity contribution < 1.29 is 50.6 Å². The number of quaternary nitrogens is 1. The third-order valence-corrected chi connectivity index (χ3v) is 10.1. The number of carbonyl (C=O) groups excluding carboxylic acids is 2. The van der Waals surface area contributed by atoms with Crippen molar-refractivity contribution in [2.75, 3.05) is 65.7 Å². The number of rotatable bonds is 16. The maximum atomic E-state index is 13.4. The van der Waals surface area contributed by atoms with Gasteiger partial charge < -0.3 is 40.2 Å². The van der Waals surface area contributed by atoms with E-state index in [9.17, 15) is 31.2 Å². The predicted octanol–water partition coefficient (Wildman–Crippen LogP) is 2.29. The number of aromatic nitrogens is 2. The number of piperidine rings is 1. The van der Waals surface area contributed by atoms with Gasteiger partial charge in [0, 0.05) is 49.4 Å². The summed E-state index contributed by atoms with van der Waals surface area (Å²) in [5, 5.41) is 13.9. The predicted molar refractivity (Wildman–Crippen MR) is 187 cm³/mol. The molecule has 1 aromatic heterocycles. The first-order valence-electron chi connectivity index (χ1n) is 17.6. The second-order valence-corrected chi connectivity index (χ2v) is 14.6. The standard InChI is InChI=1S/C35H46F3N7O7S/c1-24-7-8-32(52-53(48,49)28-6-2-5-26(19-28)35(36,37)38)29(18-24)30-20-31(45(43-30)23-33(46)42-27-9-11-40-21-27)25-4-3-13-44(22-25)34(47)41-12-15-51-17-16-50-14-10-39/h2,5-8,18-20,25,27,40H,3-4,9-17,21-23,39H2,1H3,(H,41,47)(H,42,46)/p+1/t25?,27-/m1/s1. The van der Waals surface area contributed by atoms with Crippen molar-refractivity contribution in [3.63, 3.8) is 0 Å². The van der Waals surface area contributed by atoms with Gasteiger partial charge in [-0.2, -0.15) is 26.7 Å². The number of aryl methyl sites for hydroxylation is 1. The second kappa shape index (κ2) is 18.2. The fourth-order valence-electron chi connectivity index (χ4n) is 6.29. The molecule has 2 fully saturated rings. The van der Waals surface area contributed by atoms with Crippen LogP contribution in [0.15, 0.2) is 53.4 Å². The van der Waals surface area contributed by atoms with Crippen LogP contribution in [0.1, 0.15) is 42.0 Å².